The number of dihydropyridines is 1. The van der Waals surface area contributed by atoms with Gasteiger partial charge in [-0.1, -0.05) is 19.9 Å². The van der Waals surface area contributed by atoms with Crippen molar-refractivity contribution in [3.63, 3.8) is 0 Å². The number of carbonyl (C=O) groups is 2. The Bertz CT molecular complexity index is 848. The molecule has 0 bridgehead atoms. The number of carbonyl (C=O) groups excluding carboxylic acids is 2. The van der Waals surface area contributed by atoms with Crippen LogP contribution in [-0.2, 0) is 9.59 Å². The summed E-state index contributed by atoms with van der Waals surface area (Å²) in [5, 5.41) is 5.64. The van der Waals surface area contributed by atoms with Gasteiger partial charge in [0.2, 0.25) is 5.91 Å². The van der Waals surface area contributed by atoms with Crippen LogP contribution >= 0.6 is 0 Å². The summed E-state index contributed by atoms with van der Waals surface area (Å²) in [7, 11) is 1.45. The fourth-order valence-corrected chi connectivity index (χ4v) is 3.79. The molecule has 2 N–H and O–H groups in total. The Morgan fingerprint density at radius 3 is 2.46 bits per heavy atom. The van der Waals surface area contributed by atoms with Gasteiger partial charge in [0.25, 0.3) is 0 Å². The molecule has 2 aliphatic rings. The molecule has 1 aliphatic carbocycles. The molecule has 1 aromatic carbocycles. The first-order chi connectivity index (χ1) is 12.2. The highest BCUT2D eigenvalue weighted by Crippen LogP contribution is 2.47. The number of rotatable bonds is 2. The molecule has 0 saturated heterocycles. The second-order valence-electron chi connectivity index (χ2n) is 7.42. The predicted molar refractivity (Wildman–Crippen MR) is 94.0 cm³/mol. The molecule has 1 heterocycles. The van der Waals surface area contributed by atoms with Gasteiger partial charge in [-0.2, -0.15) is 0 Å². The van der Waals surface area contributed by atoms with Crippen molar-refractivity contribution in [3.8, 4) is 0 Å². The predicted octanol–water partition coefficient (Wildman–Crippen LogP) is 3.31. The highest BCUT2D eigenvalue weighted by Gasteiger charge is 2.45. The van der Waals surface area contributed by atoms with Gasteiger partial charge in [0, 0.05) is 40.6 Å². The van der Waals surface area contributed by atoms with Crippen LogP contribution in [0.3, 0.4) is 0 Å². The van der Waals surface area contributed by atoms with Crippen LogP contribution < -0.4 is 10.6 Å². The van der Waals surface area contributed by atoms with Crippen molar-refractivity contribution >= 4 is 11.7 Å². The minimum atomic E-state index is -1.07. The van der Waals surface area contributed by atoms with Crippen LogP contribution in [0.15, 0.2) is 40.7 Å². The quantitative estimate of drug-likeness (QED) is 0.851. The largest absolute Gasteiger partial charge is 0.362 e. The van der Waals surface area contributed by atoms with E-state index in [4.69, 9.17) is 0 Å². The molecular formula is C20H22F2N2O2. The summed E-state index contributed by atoms with van der Waals surface area (Å²) in [5.41, 5.74) is 0.691. The molecule has 0 aromatic heterocycles. The third kappa shape index (κ3) is 2.73. The number of hydrogen-bond acceptors (Lipinski definition) is 3. The van der Waals surface area contributed by atoms with Crippen molar-refractivity contribution in [2.45, 2.75) is 39.5 Å². The first kappa shape index (κ1) is 18.3. The Balaban J connectivity index is 2.31. The van der Waals surface area contributed by atoms with E-state index in [1.54, 1.807) is 6.92 Å². The molecule has 1 aliphatic heterocycles. The lowest BCUT2D eigenvalue weighted by Gasteiger charge is -2.39. The molecule has 6 heteroatoms. The molecule has 138 valence electrons. The molecule has 0 spiro atoms. The number of amides is 1. The molecule has 1 unspecified atom stereocenters. The number of hydrogen-bond donors (Lipinski definition) is 2. The van der Waals surface area contributed by atoms with Crippen LogP contribution in [0.2, 0.25) is 0 Å². The number of likely N-dealkylation sites (N-methyl/N-ethyl adjacent to an activating group) is 1. The van der Waals surface area contributed by atoms with Gasteiger partial charge in [0.05, 0.1) is 5.92 Å². The van der Waals surface area contributed by atoms with Crippen LogP contribution in [0, 0.1) is 17.0 Å². The van der Waals surface area contributed by atoms with Gasteiger partial charge >= 0.3 is 0 Å². The Morgan fingerprint density at radius 1 is 1.27 bits per heavy atom. The van der Waals surface area contributed by atoms with Gasteiger partial charge in [-0.25, -0.2) is 8.78 Å². The monoisotopic (exact) mass is 360 g/mol. The summed E-state index contributed by atoms with van der Waals surface area (Å²) in [6, 6.07) is 3.57. The zero-order valence-corrected chi connectivity index (χ0v) is 15.3. The van der Waals surface area contributed by atoms with Crippen LogP contribution in [0.25, 0.3) is 0 Å². The van der Waals surface area contributed by atoms with E-state index in [1.165, 1.54) is 13.1 Å². The highest BCUT2D eigenvalue weighted by atomic mass is 19.1. The summed E-state index contributed by atoms with van der Waals surface area (Å²) < 4.78 is 29.3. The van der Waals surface area contributed by atoms with E-state index in [-0.39, 0.29) is 22.5 Å². The van der Waals surface area contributed by atoms with E-state index >= 15 is 0 Å². The molecule has 1 aromatic rings. The molecule has 3 rings (SSSR count). The Labute approximate surface area is 151 Å². The molecule has 4 nitrogen and oxygen atoms in total. The van der Waals surface area contributed by atoms with Crippen molar-refractivity contribution < 1.29 is 18.4 Å². The summed E-state index contributed by atoms with van der Waals surface area (Å²) in [6.07, 6.45) is 1.21. The number of benzene rings is 1. The van der Waals surface area contributed by atoms with Gasteiger partial charge in [0.15, 0.2) is 5.78 Å². The van der Waals surface area contributed by atoms with Gasteiger partial charge < -0.3 is 10.6 Å². The molecule has 0 fully saturated rings. The van der Waals surface area contributed by atoms with Crippen molar-refractivity contribution in [1.29, 1.82) is 0 Å². The molecular weight excluding hydrogens is 338 g/mol. The number of nitrogens with one attached hydrogen (secondary N) is 2. The number of allylic oxidation sites excluding steroid dienone is 3. The topological polar surface area (TPSA) is 58.2 Å². The maximum Gasteiger partial charge on any atom is 0.249 e. The van der Waals surface area contributed by atoms with Gasteiger partial charge in [-0.05, 0) is 31.9 Å². The average Bonchev–Trinajstić information content (AvgIpc) is 2.57. The van der Waals surface area contributed by atoms with Gasteiger partial charge in [0.1, 0.15) is 11.6 Å². The summed E-state index contributed by atoms with van der Waals surface area (Å²) in [5.74, 6) is -3.26. The fourth-order valence-electron chi connectivity index (χ4n) is 3.79. The van der Waals surface area contributed by atoms with E-state index in [1.807, 2.05) is 13.8 Å². The zero-order valence-electron chi connectivity index (χ0n) is 15.3. The van der Waals surface area contributed by atoms with E-state index < -0.39 is 28.9 Å². The summed E-state index contributed by atoms with van der Waals surface area (Å²) in [4.78, 5) is 25.7. The SMILES string of the molecule is CNC(=O)C1=C(C)NC2=C(C(=O)C(C)(C)CC2)C1c1c(F)cccc1F. The van der Waals surface area contributed by atoms with E-state index in [9.17, 15) is 18.4 Å². The molecule has 1 amide bonds. The molecule has 0 radical (unpaired) electrons. The number of Topliss-reactive ketones (excluding diaryl/α,β-unsaturated/α-hetero) is 1. The second-order valence-corrected chi connectivity index (χ2v) is 7.42. The average molecular weight is 360 g/mol. The Hall–Kier alpha value is -2.50. The maximum atomic E-state index is 14.6. The van der Waals surface area contributed by atoms with Crippen LogP contribution in [0.4, 0.5) is 8.78 Å². The van der Waals surface area contributed by atoms with Gasteiger partial charge in [-0.3, -0.25) is 9.59 Å². The minimum Gasteiger partial charge on any atom is -0.362 e. The number of ketones is 1. The van der Waals surface area contributed by atoms with E-state index in [2.05, 4.69) is 10.6 Å². The lowest BCUT2D eigenvalue weighted by molar-refractivity contribution is -0.124. The minimum absolute atomic E-state index is 0.168. The molecule has 1 atom stereocenters. The van der Waals surface area contributed by atoms with E-state index in [0.29, 0.717) is 24.2 Å². The fraction of sp³-hybridized carbons (Fsp3) is 0.400. The van der Waals surface area contributed by atoms with Crippen molar-refractivity contribution in [2.24, 2.45) is 5.41 Å². The standard InChI is InChI=1S/C20H22F2N2O2/c1-10-14(19(26)23-4)17(15-11(21)6-5-7-12(15)22)16-13(24-10)8-9-20(2,3)18(16)25/h5-7,17,24H,8-9H2,1-4H3,(H,23,26). The third-order valence-corrected chi connectivity index (χ3v) is 5.26. The maximum absolute atomic E-state index is 14.6. The van der Waals surface area contributed by atoms with Crippen molar-refractivity contribution in [1.82, 2.24) is 10.6 Å². The van der Waals surface area contributed by atoms with E-state index in [0.717, 1.165) is 12.1 Å². The van der Waals surface area contributed by atoms with Crippen LogP contribution in [0.1, 0.15) is 45.1 Å². The second kappa shape index (κ2) is 6.34. The summed E-state index contributed by atoms with van der Waals surface area (Å²) in [6.45, 7) is 5.32. The molecule has 0 saturated carbocycles. The van der Waals surface area contributed by atoms with Gasteiger partial charge in [-0.15, -0.1) is 0 Å². The zero-order chi connectivity index (χ0) is 19.2. The highest BCUT2D eigenvalue weighted by molar-refractivity contribution is 6.07. The normalized spacial score (nSPS) is 22.1. The van der Waals surface area contributed by atoms with Crippen molar-refractivity contribution in [2.75, 3.05) is 7.05 Å². The first-order valence-corrected chi connectivity index (χ1v) is 8.60. The van der Waals surface area contributed by atoms with Crippen molar-refractivity contribution in [3.05, 3.63) is 57.9 Å². The van der Waals surface area contributed by atoms with Crippen LogP contribution in [-0.4, -0.2) is 18.7 Å². The Kier molecular flexibility index (Phi) is 4.46. The third-order valence-electron chi connectivity index (χ3n) is 5.26. The Morgan fingerprint density at radius 2 is 1.88 bits per heavy atom. The smallest absolute Gasteiger partial charge is 0.249 e. The van der Waals surface area contributed by atoms with Crippen LogP contribution in [0.5, 0.6) is 0 Å². The number of halogens is 2. The summed E-state index contributed by atoms with van der Waals surface area (Å²) >= 11 is 0. The molecule has 26 heavy (non-hydrogen) atoms. The lowest BCUT2D eigenvalue weighted by atomic mass is 9.67. The first-order valence-electron chi connectivity index (χ1n) is 8.60. The lowest BCUT2D eigenvalue weighted by Crippen LogP contribution is -2.42.